The Kier molecular flexibility index (Phi) is 60.7. The lowest BCUT2D eigenvalue weighted by Crippen LogP contribution is -2.62. The van der Waals surface area contributed by atoms with Crippen molar-refractivity contribution in [2.75, 3.05) is 99.7 Å². The zero-order valence-corrected chi connectivity index (χ0v) is 92.1. The minimum Gasteiger partial charge on any atom is -0.497 e. The highest BCUT2D eigenvalue weighted by atomic mass is 32.9. The van der Waals surface area contributed by atoms with Crippen LogP contribution in [0.1, 0.15) is 292 Å². The Labute approximate surface area is 886 Å². The van der Waals surface area contributed by atoms with E-state index >= 15 is 4.79 Å². The van der Waals surface area contributed by atoms with Crippen LogP contribution in [0.25, 0.3) is 0 Å². The van der Waals surface area contributed by atoms with Crippen LogP contribution in [-0.4, -0.2) is 278 Å². The number of benzene rings is 3. The summed E-state index contributed by atoms with van der Waals surface area (Å²) in [6.45, 7) is 18.2. The quantitative estimate of drug-likeness (QED) is 0.00763. The average Bonchev–Trinajstić information content (AvgIpc) is 0.747. The van der Waals surface area contributed by atoms with E-state index in [0.717, 1.165) is 96.3 Å². The molecule has 16 atom stereocenters. The van der Waals surface area contributed by atoms with E-state index < -0.39 is 179 Å². The Morgan fingerprint density at radius 2 is 0.718 bits per heavy atom. The first kappa shape index (κ1) is 128. The average molecular weight is 2150 g/mol. The molecule has 39 nitrogen and oxygen atoms in total. The smallest absolute Gasteiger partial charge is 0.307 e. The highest BCUT2D eigenvalue weighted by Gasteiger charge is 2.51. The highest BCUT2D eigenvalue weighted by molar-refractivity contribution is 8.38. The van der Waals surface area contributed by atoms with Gasteiger partial charge in [-0.25, -0.2) is 11.2 Å². The van der Waals surface area contributed by atoms with Crippen molar-refractivity contribution in [3.63, 3.8) is 0 Å². The fourth-order valence-corrected chi connectivity index (χ4v) is 19.4. The lowest BCUT2D eigenvalue weighted by atomic mass is 9.80. The molecule has 149 heavy (non-hydrogen) atoms. The van der Waals surface area contributed by atoms with Crippen LogP contribution in [0.2, 0.25) is 0 Å². The lowest BCUT2D eigenvalue weighted by molar-refractivity contribution is -0.262. The van der Waals surface area contributed by atoms with Crippen LogP contribution in [0.3, 0.4) is 0 Å². The first-order valence-electron chi connectivity index (χ1n) is 52.6. The van der Waals surface area contributed by atoms with Gasteiger partial charge in [-0.2, -0.15) is 0 Å². The summed E-state index contributed by atoms with van der Waals surface area (Å²) < 4.78 is 97.0. The largest absolute Gasteiger partial charge is 0.497 e. The van der Waals surface area contributed by atoms with Crippen molar-refractivity contribution in [1.82, 2.24) is 41.1 Å². The second-order valence-corrected chi connectivity index (χ2v) is 42.1. The minimum atomic E-state index is -1.63. The maximum Gasteiger partial charge on any atom is 0.307 e. The van der Waals surface area contributed by atoms with Gasteiger partial charge in [0, 0.05) is 165 Å². The zero-order chi connectivity index (χ0) is 109. The number of unbranched alkanes of at least 4 members (excludes halogenated alkanes) is 19. The molecule has 0 spiro atoms. The molecule has 0 bridgehead atoms. The molecule has 3 heterocycles. The van der Waals surface area contributed by atoms with Gasteiger partial charge >= 0.3 is 41.8 Å². The molecule has 6 N–H and O–H groups in total. The summed E-state index contributed by atoms with van der Waals surface area (Å²) in [4.78, 5) is 197. The van der Waals surface area contributed by atoms with Gasteiger partial charge in [0.1, 0.15) is 73.5 Å². The number of esters is 7. The van der Waals surface area contributed by atoms with Crippen LogP contribution in [0.5, 0.6) is 11.5 Å². The molecule has 3 aliphatic rings. The van der Waals surface area contributed by atoms with Gasteiger partial charge in [0.15, 0.2) is 18.9 Å². The normalized spacial score (nSPS) is 20.7. The number of hydrogen-bond acceptors (Lipinski definition) is 33. The van der Waals surface area contributed by atoms with Crippen LogP contribution in [-0.2, 0) is 164 Å². The number of nitrogens with zero attached hydrogens (tertiary/aromatic N) is 2. The van der Waals surface area contributed by atoms with Gasteiger partial charge in [-0.05, 0) is 105 Å². The molecule has 0 aromatic heterocycles. The number of nitrogens with one attached hydrogen (secondary N) is 6. The predicted octanol–water partition coefficient (Wildman–Crippen LogP) is 11.8. The maximum atomic E-state index is 15.9. The fraction of sp³-hybridized carbons (Fsp3) is 0.692. The van der Waals surface area contributed by atoms with E-state index in [9.17, 15) is 67.1 Å². The Bertz CT molecular complexity index is 4640. The first-order valence-corrected chi connectivity index (χ1v) is 56.0. The number of carbonyl (C=O) groups is 15. The zero-order valence-electron chi connectivity index (χ0n) is 89.5. The number of rotatable bonds is 72. The van der Waals surface area contributed by atoms with E-state index in [-0.39, 0.29) is 114 Å². The second kappa shape index (κ2) is 70.9. The summed E-state index contributed by atoms with van der Waals surface area (Å²) in [7, 11) is 5.24. The van der Waals surface area contributed by atoms with E-state index in [4.69, 9.17) is 87.0 Å². The number of methoxy groups -OCH3 is 2. The number of hydrogen-bond donors (Lipinski definition) is 6. The Morgan fingerprint density at radius 3 is 1.06 bits per heavy atom. The van der Waals surface area contributed by atoms with Gasteiger partial charge in [0.05, 0.1) is 45.4 Å². The van der Waals surface area contributed by atoms with Gasteiger partial charge < -0.3 is 117 Å². The predicted molar refractivity (Wildman–Crippen MR) is 558 cm³/mol. The van der Waals surface area contributed by atoms with Gasteiger partial charge in [-0.3, -0.25) is 88.8 Å². The van der Waals surface area contributed by atoms with Crippen molar-refractivity contribution in [1.29, 1.82) is 0 Å². The highest BCUT2D eigenvalue weighted by Crippen LogP contribution is 2.43. The minimum absolute atomic E-state index is 0.0698. The lowest BCUT2D eigenvalue weighted by Gasteiger charge is -2.44. The van der Waals surface area contributed by atoms with Crippen LogP contribution in [0, 0.1) is 17.8 Å². The molecule has 7 unspecified atom stereocenters. The van der Waals surface area contributed by atoms with Crippen molar-refractivity contribution in [3.05, 3.63) is 95.6 Å². The van der Waals surface area contributed by atoms with Gasteiger partial charge in [0.2, 0.25) is 47.5 Å². The maximum absolute atomic E-state index is 15.9. The Balaban J connectivity index is 1.15. The molecule has 3 aromatic carbocycles. The van der Waals surface area contributed by atoms with Crippen molar-refractivity contribution < 1.29 is 148 Å². The molecule has 3 aromatic rings. The summed E-state index contributed by atoms with van der Waals surface area (Å²) >= 11 is 5.17. The molecular formula is C107H164N8O31PS2-. The monoisotopic (exact) mass is 2150 g/mol. The van der Waals surface area contributed by atoms with E-state index in [1.807, 2.05) is 75.4 Å². The Morgan fingerprint density at radius 1 is 0.389 bits per heavy atom. The van der Waals surface area contributed by atoms with Gasteiger partial charge in [-0.1, -0.05) is 172 Å². The van der Waals surface area contributed by atoms with Crippen LogP contribution < -0.4 is 40.8 Å². The summed E-state index contributed by atoms with van der Waals surface area (Å²) in [5.74, 6) is -6.85. The van der Waals surface area contributed by atoms with E-state index in [1.54, 1.807) is 48.3 Å². The molecule has 0 radical (unpaired) electrons. The SMILES string of the molecule is COc1ccc(C(OCC(OC(=O)CCC(=O)N[S-](=P)=S)C(=O)N(CCCCN(CCCNC(=O)CCCCCCCCCO[C@@H]2OC(COC(C)=O)[C@H](OC(C)=O)[C@H](C)C2NC(C)=O)C(=O)CCCCCCCCCO[C@@H]2OC(COC(C)=O)[C@H](OC(C)=O)[C@H](C)C2NC(C)=O)CCCNC(=O)CCCCCCCCCO[C@@H]2OC(COC(C)=O)[C@H](OC(C)=O)[C@H](C)C2NC(C)=O)(c2ccccc2)c2ccc(OC)cc2)cc1. The van der Waals surface area contributed by atoms with Crippen molar-refractivity contribution in [3.8, 4) is 11.5 Å². The summed E-state index contributed by atoms with van der Waals surface area (Å²) in [5.41, 5.74) is 0.411. The van der Waals surface area contributed by atoms with Crippen molar-refractivity contribution in [2.24, 2.45) is 17.8 Å². The van der Waals surface area contributed by atoms with Crippen LogP contribution in [0.15, 0.2) is 78.9 Å². The molecule has 3 aliphatic heterocycles. The van der Waals surface area contributed by atoms with Crippen molar-refractivity contribution >= 4 is 117 Å². The molecule has 42 heteroatoms. The number of amides is 8. The van der Waals surface area contributed by atoms with Gasteiger partial charge in [-0.15, -0.1) is 0 Å². The summed E-state index contributed by atoms with van der Waals surface area (Å²) in [6.07, 6.45) is 8.97. The molecule has 0 saturated carbocycles. The van der Waals surface area contributed by atoms with E-state index in [0.29, 0.717) is 119 Å². The third-order valence-corrected chi connectivity index (χ3v) is 27.0. The van der Waals surface area contributed by atoms with Crippen LogP contribution >= 0.6 is 8.02 Å². The van der Waals surface area contributed by atoms with E-state index in [2.05, 4.69) is 39.3 Å². The standard InChI is InChI=1S/C107H164N8O31PS2/c1-71-97(110-74(4)116)104(144-88(67-136-77(7)119)100(71)140-80(10)122)133-64-38-27-21-15-18-24-33-45-92(125)108-58-41-62-114(95(128)47-35-26-20-17-23-29-40-66-135-106-99(112-76(6)118)73(3)102(142-82(12)124)90(146-106)69-138-79(9)121)60-36-37-61-115(63-42-59-109-93(126)46-34-25-19-16-22-28-39-65-134-105-98(111-75(5)117)72(2)101(141-81(11)123)89(145-105)68-137-78(8)120)103(130)91(143-96(129)57-56-94(127)113-149(147)148)70-139-107(83-43-31-30-32-44-83,84-48-52-86(131-13)53-49-84)85-50-54-87(132-14)55-51-85/h30-32,43-44,48-55,71-73,88-91,97-102,104-106,147H,15-29,33-42,45-47,56-70H2,1-14H3,(H,108,125)(H,109,126)(H,110,116)(H,111,117)(H,112,118)(H,113,127,148)/q-1/t71-,72-,73-,88?,89?,90?,91?,97?,98?,99?,100-,101-,102-,104-,105-,106-/m1/s1. The Hall–Kier alpha value is -10.1. The molecule has 0 aliphatic carbocycles. The van der Waals surface area contributed by atoms with Crippen molar-refractivity contribution in [2.45, 2.75) is 361 Å². The third-order valence-electron chi connectivity index (χ3n) is 26.1. The second-order valence-electron chi connectivity index (χ2n) is 38.2. The molecule has 3 fully saturated rings. The molecular weight excluding hydrogens is 1990 g/mol. The van der Waals surface area contributed by atoms with E-state index in [1.165, 1.54) is 62.3 Å². The fourth-order valence-electron chi connectivity index (χ4n) is 18.5. The number of ether oxygens (including phenoxy) is 16. The first-order chi connectivity index (χ1) is 71.3. The van der Waals surface area contributed by atoms with Gasteiger partial charge in [0.25, 0.3) is 5.91 Å². The van der Waals surface area contributed by atoms with Crippen LogP contribution in [0.4, 0.5) is 0 Å². The summed E-state index contributed by atoms with van der Waals surface area (Å²) in [5, 5.41) is 14.7. The number of carbonyl (C=O) groups excluding carboxylic acids is 15. The summed E-state index contributed by atoms with van der Waals surface area (Å²) in [6, 6.07) is 22.0. The molecule has 6 rings (SSSR count). The molecule has 836 valence electrons. The molecule has 8 amide bonds. The molecule has 3 saturated heterocycles. The topological polar surface area (TPSA) is 482 Å². The third kappa shape index (κ3) is 48.2.